The van der Waals surface area contributed by atoms with E-state index in [4.69, 9.17) is 11.5 Å². The van der Waals surface area contributed by atoms with E-state index in [2.05, 4.69) is 4.99 Å². The van der Waals surface area contributed by atoms with Crippen molar-refractivity contribution in [3.63, 3.8) is 0 Å². The molecule has 16 heavy (non-hydrogen) atoms. The van der Waals surface area contributed by atoms with E-state index in [0.717, 1.165) is 10.9 Å². The van der Waals surface area contributed by atoms with Gasteiger partial charge in [0.1, 0.15) is 0 Å². The molecule has 0 atom stereocenters. The van der Waals surface area contributed by atoms with Gasteiger partial charge >= 0.3 is 0 Å². The lowest BCUT2D eigenvalue weighted by Crippen LogP contribution is -2.24. The van der Waals surface area contributed by atoms with Gasteiger partial charge < -0.3 is 16.0 Å². The molecule has 0 aliphatic rings. The van der Waals surface area contributed by atoms with Gasteiger partial charge in [-0.3, -0.25) is 4.79 Å². The largest absolute Gasteiger partial charge is 0.370 e. The second kappa shape index (κ2) is 3.69. The Morgan fingerprint density at radius 1 is 1.31 bits per heavy atom. The molecule has 0 radical (unpaired) electrons. The van der Waals surface area contributed by atoms with Gasteiger partial charge in [0.25, 0.3) is 5.91 Å². The van der Waals surface area contributed by atoms with Gasteiger partial charge in [0.2, 0.25) is 0 Å². The minimum Gasteiger partial charge on any atom is -0.370 e. The van der Waals surface area contributed by atoms with Crippen LogP contribution < -0.4 is 11.5 Å². The third-order valence-electron chi connectivity index (χ3n) is 2.37. The van der Waals surface area contributed by atoms with Crippen molar-refractivity contribution in [2.75, 3.05) is 0 Å². The average molecular weight is 216 g/mol. The van der Waals surface area contributed by atoms with E-state index in [-0.39, 0.29) is 5.96 Å². The Morgan fingerprint density at radius 3 is 2.75 bits per heavy atom. The molecule has 0 aliphatic heterocycles. The van der Waals surface area contributed by atoms with Crippen molar-refractivity contribution in [2.24, 2.45) is 23.5 Å². The van der Waals surface area contributed by atoms with E-state index >= 15 is 0 Å². The van der Waals surface area contributed by atoms with Crippen LogP contribution in [0.4, 0.5) is 0 Å². The number of hydrogen-bond acceptors (Lipinski definition) is 1. The van der Waals surface area contributed by atoms with Gasteiger partial charge in [-0.25, -0.2) is 0 Å². The maximum Gasteiger partial charge on any atom is 0.280 e. The molecule has 5 heteroatoms. The summed E-state index contributed by atoms with van der Waals surface area (Å²) < 4.78 is 1.93. The number of rotatable bonds is 1. The smallest absolute Gasteiger partial charge is 0.280 e. The van der Waals surface area contributed by atoms with Crippen LogP contribution in [0.2, 0.25) is 0 Å². The van der Waals surface area contributed by atoms with Crippen LogP contribution in [0.5, 0.6) is 0 Å². The van der Waals surface area contributed by atoms with Gasteiger partial charge in [-0.1, -0.05) is 6.07 Å². The molecule has 0 fully saturated rings. The number of guanidine groups is 1. The number of aliphatic imine (C=N–C) groups is 1. The molecular weight excluding hydrogens is 204 g/mol. The zero-order chi connectivity index (χ0) is 11.7. The van der Waals surface area contributed by atoms with Gasteiger partial charge in [-0.05, 0) is 23.6 Å². The van der Waals surface area contributed by atoms with Crippen molar-refractivity contribution in [1.29, 1.82) is 0 Å². The lowest BCUT2D eigenvalue weighted by Gasteiger charge is -1.99. The Hall–Kier alpha value is -2.30. The number of amides is 1. The second-order valence-electron chi connectivity index (χ2n) is 3.54. The number of aromatic nitrogens is 1. The van der Waals surface area contributed by atoms with Crippen molar-refractivity contribution in [2.45, 2.75) is 0 Å². The lowest BCUT2D eigenvalue weighted by atomic mass is 10.1. The number of benzene rings is 1. The first-order valence-electron chi connectivity index (χ1n) is 4.77. The van der Waals surface area contributed by atoms with Crippen LogP contribution in [0.25, 0.3) is 10.9 Å². The van der Waals surface area contributed by atoms with E-state index in [9.17, 15) is 4.79 Å². The topological polar surface area (TPSA) is 86.4 Å². The SMILES string of the molecule is Cn1ccc2ccc(C(=O)N=C(N)N)cc21. The molecule has 5 nitrogen and oxygen atoms in total. The summed E-state index contributed by atoms with van der Waals surface area (Å²) in [5.41, 5.74) is 11.8. The van der Waals surface area contributed by atoms with Crippen LogP contribution >= 0.6 is 0 Å². The lowest BCUT2D eigenvalue weighted by molar-refractivity contribution is 0.100. The molecular formula is C11H12N4O. The fourth-order valence-corrected chi connectivity index (χ4v) is 1.58. The minimum atomic E-state index is -0.428. The first-order valence-corrected chi connectivity index (χ1v) is 4.77. The summed E-state index contributed by atoms with van der Waals surface area (Å²) >= 11 is 0. The molecule has 82 valence electrons. The summed E-state index contributed by atoms with van der Waals surface area (Å²) in [4.78, 5) is 15.1. The van der Waals surface area contributed by atoms with Crippen LogP contribution in [-0.4, -0.2) is 16.4 Å². The van der Waals surface area contributed by atoms with E-state index < -0.39 is 5.91 Å². The summed E-state index contributed by atoms with van der Waals surface area (Å²) in [7, 11) is 1.91. The number of carbonyl (C=O) groups excluding carboxylic acids is 1. The first kappa shape index (κ1) is 10.2. The predicted molar refractivity (Wildman–Crippen MR) is 63.1 cm³/mol. The second-order valence-corrected chi connectivity index (χ2v) is 3.54. The molecule has 4 N–H and O–H groups in total. The maximum absolute atomic E-state index is 11.6. The first-order chi connectivity index (χ1) is 7.58. The number of fused-ring (bicyclic) bond motifs is 1. The molecule has 1 heterocycles. The summed E-state index contributed by atoms with van der Waals surface area (Å²) in [6, 6.07) is 7.32. The Balaban J connectivity index is 2.50. The summed E-state index contributed by atoms with van der Waals surface area (Å²) in [6.07, 6.45) is 1.93. The number of carbonyl (C=O) groups is 1. The maximum atomic E-state index is 11.6. The van der Waals surface area contributed by atoms with Gasteiger partial charge in [0.05, 0.1) is 0 Å². The molecule has 0 saturated carbocycles. The molecule has 0 aliphatic carbocycles. The number of nitrogens with two attached hydrogens (primary N) is 2. The van der Waals surface area contributed by atoms with E-state index in [1.54, 1.807) is 12.1 Å². The zero-order valence-electron chi connectivity index (χ0n) is 8.84. The fraction of sp³-hybridized carbons (Fsp3) is 0.0909. The average Bonchev–Trinajstić information content (AvgIpc) is 2.59. The molecule has 2 rings (SSSR count). The highest BCUT2D eigenvalue weighted by atomic mass is 16.1. The highest BCUT2D eigenvalue weighted by molar-refractivity contribution is 6.03. The van der Waals surface area contributed by atoms with Gasteiger partial charge in [0.15, 0.2) is 5.96 Å². The van der Waals surface area contributed by atoms with Crippen LogP contribution in [0.1, 0.15) is 10.4 Å². The third-order valence-corrected chi connectivity index (χ3v) is 2.37. The zero-order valence-corrected chi connectivity index (χ0v) is 8.84. The van der Waals surface area contributed by atoms with Crippen LogP contribution in [-0.2, 0) is 7.05 Å². The molecule has 1 aromatic heterocycles. The van der Waals surface area contributed by atoms with Gasteiger partial charge in [-0.15, -0.1) is 0 Å². The molecule has 0 spiro atoms. The molecule has 0 bridgehead atoms. The van der Waals surface area contributed by atoms with Gasteiger partial charge in [-0.2, -0.15) is 4.99 Å². The predicted octanol–water partition coefficient (Wildman–Crippen LogP) is 0.592. The van der Waals surface area contributed by atoms with Crippen LogP contribution in [0.3, 0.4) is 0 Å². The number of hydrogen-bond donors (Lipinski definition) is 2. The van der Waals surface area contributed by atoms with E-state index in [0.29, 0.717) is 5.56 Å². The Morgan fingerprint density at radius 2 is 2.06 bits per heavy atom. The molecule has 0 saturated heterocycles. The van der Waals surface area contributed by atoms with Crippen LogP contribution in [0.15, 0.2) is 35.5 Å². The van der Waals surface area contributed by atoms with E-state index in [1.165, 1.54) is 0 Å². The molecule has 0 unspecified atom stereocenters. The monoisotopic (exact) mass is 216 g/mol. The van der Waals surface area contributed by atoms with E-state index in [1.807, 2.05) is 29.9 Å². The standard InChI is InChI=1S/C11H12N4O/c1-15-5-4-7-2-3-8(6-9(7)15)10(16)14-11(12)13/h2-6H,1H3,(H4,12,13,14,16). The van der Waals surface area contributed by atoms with Crippen LogP contribution in [0, 0.1) is 0 Å². The molecule has 2 aromatic rings. The Kier molecular flexibility index (Phi) is 2.36. The molecule has 1 aromatic carbocycles. The normalized spacial score (nSPS) is 10.3. The number of nitrogens with zero attached hydrogens (tertiary/aromatic N) is 2. The summed E-state index contributed by atoms with van der Waals surface area (Å²) in [6.45, 7) is 0. The van der Waals surface area contributed by atoms with Crippen molar-refractivity contribution in [3.8, 4) is 0 Å². The van der Waals surface area contributed by atoms with Crippen molar-refractivity contribution in [1.82, 2.24) is 4.57 Å². The van der Waals surface area contributed by atoms with Crippen molar-refractivity contribution in [3.05, 3.63) is 36.0 Å². The minimum absolute atomic E-state index is 0.225. The Labute approximate surface area is 92.4 Å². The highest BCUT2D eigenvalue weighted by Crippen LogP contribution is 2.17. The summed E-state index contributed by atoms with van der Waals surface area (Å²) in [5, 5.41) is 1.07. The Bertz CT molecular complexity index is 579. The van der Waals surface area contributed by atoms with Gasteiger partial charge in [0, 0.05) is 24.3 Å². The third kappa shape index (κ3) is 1.75. The number of aryl methyl sites for hydroxylation is 1. The van der Waals surface area contributed by atoms with Crippen molar-refractivity contribution < 1.29 is 4.79 Å². The fourth-order valence-electron chi connectivity index (χ4n) is 1.58. The quantitative estimate of drug-likeness (QED) is 0.540. The highest BCUT2D eigenvalue weighted by Gasteiger charge is 2.06. The summed E-state index contributed by atoms with van der Waals surface area (Å²) in [5.74, 6) is -0.653. The van der Waals surface area contributed by atoms with Crippen molar-refractivity contribution >= 4 is 22.8 Å². The molecule has 1 amide bonds.